The highest BCUT2D eigenvalue weighted by Gasteiger charge is 2.30. The van der Waals surface area contributed by atoms with Gasteiger partial charge in [0.1, 0.15) is 0 Å². The molecule has 164 valence electrons. The van der Waals surface area contributed by atoms with Gasteiger partial charge in [0.2, 0.25) is 21.8 Å². The van der Waals surface area contributed by atoms with Crippen molar-refractivity contribution in [1.82, 2.24) is 4.57 Å². The summed E-state index contributed by atoms with van der Waals surface area (Å²) in [7, 11) is -3.88. The van der Waals surface area contributed by atoms with E-state index in [4.69, 9.17) is 5.14 Å². The molecule has 0 spiro atoms. The number of rotatable bonds is 5. The summed E-state index contributed by atoms with van der Waals surface area (Å²) in [4.78, 5) is 42.5. The van der Waals surface area contributed by atoms with E-state index in [1.807, 2.05) is 0 Å². The smallest absolute Gasteiger partial charge is 0.279 e. The summed E-state index contributed by atoms with van der Waals surface area (Å²) >= 11 is 1.14. The van der Waals surface area contributed by atoms with E-state index in [0.717, 1.165) is 16.2 Å². The number of nitrogens with two attached hydrogens (primary N) is 1. The highest BCUT2D eigenvalue weighted by Crippen LogP contribution is 2.24. The third-order valence-electron chi connectivity index (χ3n) is 4.89. The first kappa shape index (κ1) is 21.8. The predicted octanol–water partition coefficient (Wildman–Crippen LogP) is 1.93. The van der Waals surface area contributed by atoms with Gasteiger partial charge in [0.25, 0.3) is 5.91 Å². The van der Waals surface area contributed by atoms with E-state index in [9.17, 15) is 22.8 Å². The van der Waals surface area contributed by atoms with Gasteiger partial charge in [0, 0.05) is 24.9 Å². The van der Waals surface area contributed by atoms with E-state index in [1.54, 1.807) is 34.9 Å². The monoisotopic (exact) mass is 470 g/mol. The number of carbonyl (C=O) groups is 3. The molecule has 9 nitrogen and oxygen atoms in total. The molecule has 1 aromatic heterocycles. The quantitative estimate of drug-likeness (QED) is 0.450. The summed E-state index contributed by atoms with van der Waals surface area (Å²) in [5.74, 6) is -1.19. The molecule has 0 radical (unpaired) electrons. The normalized spacial score (nSPS) is 15.0. The molecular weight excluding hydrogens is 452 g/mol. The first-order valence-corrected chi connectivity index (χ1v) is 11.9. The third-order valence-corrected chi connectivity index (χ3v) is 6.85. The van der Waals surface area contributed by atoms with Crippen LogP contribution in [0.15, 0.2) is 65.0 Å². The van der Waals surface area contributed by atoms with Crippen molar-refractivity contribution in [1.29, 1.82) is 0 Å². The Kier molecular flexibility index (Phi) is 5.63. The average Bonchev–Trinajstić information content (AvgIpc) is 3.26. The molecule has 0 unspecified atom stereocenters. The second kappa shape index (κ2) is 8.26. The molecule has 1 aliphatic rings. The van der Waals surface area contributed by atoms with Crippen LogP contribution in [0.4, 0.5) is 5.69 Å². The number of nitrogens with zero attached hydrogens (tertiary/aromatic N) is 3. The molecule has 2 aromatic carbocycles. The van der Waals surface area contributed by atoms with Gasteiger partial charge in [0.05, 0.1) is 20.8 Å². The molecule has 2 N–H and O–H groups in total. The zero-order valence-electron chi connectivity index (χ0n) is 16.7. The van der Waals surface area contributed by atoms with E-state index in [1.165, 1.54) is 18.2 Å². The molecule has 3 aromatic rings. The van der Waals surface area contributed by atoms with E-state index >= 15 is 0 Å². The predicted molar refractivity (Wildman–Crippen MR) is 119 cm³/mol. The Morgan fingerprint density at radius 2 is 1.88 bits per heavy atom. The van der Waals surface area contributed by atoms with E-state index in [-0.39, 0.29) is 35.1 Å². The van der Waals surface area contributed by atoms with Crippen LogP contribution >= 0.6 is 11.3 Å². The molecule has 32 heavy (non-hydrogen) atoms. The number of hydrogen-bond acceptors (Lipinski definition) is 6. The highest BCUT2D eigenvalue weighted by molar-refractivity contribution is 7.89. The Labute approximate surface area is 187 Å². The van der Waals surface area contributed by atoms with Crippen molar-refractivity contribution in [3.05, 3.63) is 65.5 Å². The minimum Gasteiger partial charge on any atom is -0.312 e. The fraction of sp³-hybridized carbons (Fsp3) is 0.143. The van der Waals surface area contributed by atoms with Crippen molar-refractivity contribution >= 4 is 55.0 Å². The summed E-state index contributed by atoms with van der Waals surface area (Å²) in [6.45, 7) is 4.06. The molecule has 1 aliphatic heterocycles. The lowest BCUT2D eigenvalue weighted by Gasteiger charge is -2.14. The number of anilines is 1. The van der Waals surface area contributed by atoms with Gasteiger partial charge in [-0.25, -0.2) is 13.6 Å². The number of benzene rings is 2. The number of primary sulfonamides is 1. The Hall–Kier alpha value is -3.41. The first-order valence-electron chi connectivity index (χ1n) is 9.51. The topological polar surface area (TPSA) is 132 Å². The molecule has 1 saturated heterocycles. The van der Waals surface area contributed by atoms with Crippen molar-refractivity contribution in [3.63, 3.8) is 0 Å². The van der Waals surface area contributed by atoms with E-state index < -0.39 is 15.9 Å². The number of carbonyl (C=O) groups excluding carboxylic acids is 3. The standard InChI is InChI=1S/C21H18N4O5S2/c1-2-10-24-16-7-6-15(32(22,29)30)12-17(16)31-21(24)23-20(28)13-4-3-5-14(11-13)25-18(26)8-9-19(25)27/h2-7,11-12H,1,8-10H2,(H2,22,29,30)/b23-21-. The van der Waals surface area contributed by atoms with E-state index in [2.05, 4.69) is 11.6 Å². The van der Waals surface area contributed by atoms with Crippen LogP contribution in [0.1, 0.15) is 23.2 Å². The third kappa shape index (κ3) is 4.05. The second-order valence-electron chi connectivity index (χ2n) is 7.05. The van der Waals surface area contributed by atoms with Gasteiger partial charge >= 0.3 is 0 Å². The van der Waals surface area contributed by atoms with Gasteiger partial charge in [-0.3, -0.25) is 19.3 Å². The Morgan fingerprint density at radius 1 is 1.16 bits per heavy atom. The zero-order chi connectivity index (χ0) is 23.0. The summed E-state index contributed by atoms with van der Waals surface area (Å²) < 4.78 is 25.7. The Balaban J connectivity index is 1.78. The maximum absolute atomic E-state index is 12.9. The molecule has 4 rings (SSSR count). The van der Waals surface area contributed by atoms with Crippen molar-refractivity contribution < 1.29 is 22.8 Å². The highest BCUT2D eigenvalue weighted by atomic mass is 32.2. The minimum atomic E-state index is -3.88. The molecule has 0 bridgehead atoms. The molecule has 2 heterocycles. The summed E-state index contributed by atoms with van der Waals surface area (Å²) in [5, 5.41) is 5.22. The number of sulfonamides is 1. The fourth-order valence-electron chi connectivity index (χ4n) is 3.42. The molecule has 11 heteroatoms. The number of allylic oxidation sites excluding steroid dienone is 1. The largest absolute Gasteiger partial charge is 0.312 e. The van der Waals surface area contributed by atoms with Crippen LogP contribution in [0.2, 0.25) is 0 Å². The molecule has 0 aliphatic carbocycles. The SMILES string of the molecule is C=CCn1/c(=N/C(=O)c2cccc(N3C(=O)CCC3=O)c2)sc2cc(S(N)(=O)=O)ccc21. The van der Waals surface area contributed by atoms with Crippen LogP contribution in [0, 0.1) is 0 Å². The van der Waals surface area contributed by atoms with Crippen LogP contribution < -0.4 is 14.8 Å². The fourth-order valence-corrected chi connectivity index (χ4v) is 5.11. The number of amides is 3. The maximum Gasteiger partial charge on any atom is 0.279 e. The second-order valence-corrected chi connectivity index (χ2v) is 9.62. The molecule has 0 saturated carbocycles. The van der Waals surface area contributed by atoms with Crippen LogP contribution in [0.25, 0.3) is 10.2 Å². The minimum absolute atomic E-state index is 0.0393. The van der Waals surface area contributed by atoms with Gasteiger partial charge in [0.15, 0.2) is 4.80 Å². The molecule has 1 fully saturated rings. The zero-order valence-corrected chi connectivity index (χ0v) is 18.4. The molecule has 0 atom stereocenters. The van der Waals surface area contributed by atoms with Crippen molar-refractivity contribution in [2.75, 3.05) is 4.90 Å². The van der Waals surface area contributed by atoms with Gasteiger partial charge in [-0.2, -0.15) is 4.99 Å². The average molecular weight is 471 g/mol. The lowest BCUT2D eigenvalue weighted by Crippen LogP contribution is -2.28. The number of aromatic nitrogens is 1. The molecular formula is C21H18N4O5S2. The van der Waals surface area contributed by atoms with Crippen molar-refractivity contribution in [2.24, 2.45) is 10.1 Å². The van der Waals surface area contributed by atoms with Gasteiger partial charge in [-0.1, -0.05) is 23.5 Å². The van der Waals surface area contributed by atoms with Crippen LogP contribution in [-0.2, 0) is 26.2 Å². The number of hydrogen-bond donors (Lipinski definition) is 1. The Bertz CT molecular complexity index is 1450. The lowest BCUT2D eigenvalue weighted by atomic mass is 10.2. The lowest BCUT2D eigenvalue weighted by molar-refractivity contribution is -0.121. The number of imide groups is 1. The summed E-state index contributed by atoms with van der Waals surface area (Å²) in [6.07, 6.45) is 1.92. The van der Waals surface area contributed by atoms with Gasteiger partial charge in [-0.05, 0) is 36.4 Å². The maximum atomic E-state index is 12.9. The van der Waals surface area contributed by atoms with E-state index in [0.29, 0.717) is 27.3 Å². The van der Waals surface area contributed by atoms with Crippen LogP contribution in [0.5, 0.6) is 0 Å². The Morgan fingerprint density at radius 3 is 2.53 bits per heavy atom. The first-order chi connectivity index (χ1) is 15.2. The van der Waals surface area contributed by atoms with Gasteiger partial charge < -0.3 is 4.57 Å². The molecule has 3 amide bonds. The van der Waals surface area contributed by atoms with Crippen molar-refractivity contribution in [3.8, 4) is 0 Å². The summed E-state index contributed by atoms with van der Waals surface area (Å²) in [6, 6.07) is 10.6. The van der Waals surface area contributed by atoms with Crippen molar-refractivity contribution in [2.45, 2.75) is 24.3 Å². The van der Waals surface area contributed by atoms with Crippen LogP contribution in [0.3, 0.4) is 0 Å². The van der Waals surface area contributed by atoms with Gasteiger partial charge in [-0.15, -0.1) is 6.58 Å². The summed E-state index contributed by atoms with van der Waals surface area (Å²) in [5.41, 5.74) is 1.21. The number of thiazole rings is 1. The van der Waals surface area contributed by atoms with Crippen LogP contribution in [-0.4, -0.2) is 30.7 Å². The number of fused-ring (bicyclic) bond motifs is 1.